The molecule has 0 amide bonds. The smallest absolute Gasteiger partial charge is 0.194 e. The van der Waals surface area contributed by atoms with E-state index in [-0.39, 0.29) is 0 Å². The third kappa shape index (κ3) is 4.84. The largest absolute Gasteiger partial charge is 0.456 e. The van der Waals surface area contributed by atoms with Crippen LogP contribution in [0.5, 0.6) is 0 Å². The minimum Gasteiger partial charge on any atom is -0.456 e. The molecule has 0 aliphatic heterocycles. The monoisotopic (exact) mass is 722 g/mol. The van der Waals surface area contributed by atoms with Gasteiger partial charge in [0.15, 0.2) is 5.69 Å². The molecule has 0 N–H and O–H groups in total. The van der Waals surface area contributed by atoms with Crippen LogP contribution in [0.2, 0.25) is 0 Å². The fourth-order valence-electron chi connectivity index (χ4n) is 9.21. The van der Waals surface area contributed by atoms with Crippen LogP contribution in [0.15, 0.2) is 186 Å². The van der Waals surface area contributed by atoms with E-state index in [1.165, 1.54) is 0 Å². The van der Waals surface area contributed by atoms with Crippen molar-refractivity contribution in [2.45, 2.75) is 0 Å². The Morgan fingerprint density at radius 2 is 0.860 bits per heavy atom. The molecular formula is C54H30N2O. The van der Waals surface area contributed by atoms with E-state index in [0.717, 1.165) is 110 Å². The van der Waals surface area contributed by atoms with Gasteiger partial charge in [-0.15, -0.1) is 0 Å². The van der Waals surface area contributed by atoms with E-state index in [0.29, 0.717) is 11.3 Å². The lowest BCUT2D eigenvalue weighted by Crippen LogP contribution is -1.93. The minimum absolute atomic E-state index is 0.640. The van der Waals surface area contributed by atoms with Gasteiger partial charge in [-0.3, -0.25) is 0 Å². The van der Waals surface area contributed by atoms with Crippen molar-refractivity contribution in [1.82, 2.24) is 0 Å². The first-order valence-corrected chi connectivity index (χ1v) is 19.0. The molecule has 262 valence electrons. The Bertz CT molecular complexity index is 3440. The van der Waals surface area contributed by atoms with Crippen LogP contribution in [-0.2, 0) is 0 Å². The van der Waals surface area contributed by atoms with Gasteiger partial charge < -0.3 is 4.42 Å². The Morgan fingerprint density at radius 1 is 0.404 bits per heavy atom. The number of hydrogen-bond donors (Lipinski definition) is 0. The number of furan rings is 1. The third-order valence-electron chi connectivity index (χ3n) is 11.5. The van der Waals surface area contributed by atoms with Crippen LogP contribution in [-0.4, -0.2) is 0 Å². The van der Waals surface area contributed by atoms with E-state index < -0.39 is 0 Å². The lowest BCUT2D eigenvalue weighted by Gasteiger charge is -2.19. The van der Waals surface area contributed by atoms with Gasteiger partial charge in [0.1, 0.15) is 11.2 Å². The van der Waals surface area contributed by atoms with Crippen LogP contribution in [0.1, 0.15) is 5.56 Å². The maximum Gasteiger partial charge on any atom is 0.194 e. The summed E-state index contributed by atoms with van der Waals surface area (Å²) in [7, 11) is 0. The lowest BCUT2D eigenvalue weighted by atomic mass is 9.83. The molecule has 1 heterocycles. The summed E-state index contributed by atoms with van der Waals surface area (Å²) in [6.45, 7) is 7.99. The molecule has 0 saturated heterocycles. The molecule has 0 aliphatic rings. The molecule has 0 unspecified atom stereocenters. The van der Waals surface area contributed by atoms with E-state index in [9.17, 15) is 5.26 Å². The van der Waals surface area contributed by atoms with Gasteiger partial charge in [-0.2, -0.15) is 5.26 Å². The molecule has 0 atom stereocenters. The van der Waals surface area contributed by atoms with Crippen molar-refractivity contribution < 1.29 is 4.42 Å². The van der Waals surface area contributed by atoms with E-state index >= 15 is 0 Å². The van der Waals surface area contributed by atoms with Gasteiger partial charge in [-0.1, -0.05) is 158 Å². The van der Waals surface area contributed by atoms with Crippen molar-refractivity contribution in [3.63, 3.8) is 0 Å². The number of benzene rings is 10. The second-order valence-electron chi connectivity index (χ2n) is 14.5. The van der Waals surface area contributed by atoms with E-state index in [4.69, 9.17) is 11.0 Å². The van der Waals surface area contributed by atoms with Crippen molar-refractivity contribution >= 4 is 70.7 Å². The van der Waals surface area contributed by atoms with Crippen LogP contribution in [0.25, 0.3) is 114 Å². The molecule has 57 heavy (non-hydrogen) atoms. The van der Waals surface area contributed by atoms with Crippen molar-refractivity contribution in [3.05, 3.63) is 199 Å². The fourth-order valence-corrected chi connectivity index (χ4v) is 9.21. The highest BCUT2D eigenvalue weighted by Crippen LogP contribution is 2.50. The summed E-state index contributed by atoms with van der Waals surface area (Å²) in [4.78, 5) is 3.92. The predicted octanol–water partition coefficient (Wildman–Crippen LogP) is 15.3. The molecule has 11 rings (SSSR count). The topological polar surface area (TPSA) is 41.3 Å². The Morgan fingerprint density at radius 3 is 1.42 bits per heavy atom. The van der Waals surface area contributed by atoms with Crippen molar-refractivity contribution in [2.24, 2.45) is 0 Å². The van der Waals surface area contributed by atoms with Crippen molar-refractivity contribution in [3.8, 4) is 50.6 Å². The second kappa shape index (κ2) is 12.8. The van der Waals surface area contributed by atoms with Gasteiger partial charge in [0.05, 0.1) is 18.2 Å². The number of para-hydroxylation sites is 1. The second-order valence-corrected chi connectivity index (χ2v) is 14.5. The third-order valence-corrected chi connectivity index (χ3v) is 11.5. The molecule has 0 radical (unpaired) electrons. The molecular weight excluding hydrogens is 693 g/mol. The zero-order valence-corrected chi connectivity index (χ0v) is 30.6. The van der Waals surface area contributed by atoms with Gasteiger partial charge in [-0.05, 0) is 106 Å². The standard InChI is InChI=1S/C54H30N2O/c1-56-47-27-13-12-25-44(47)52-38-19-6-4-17-36(38)50(37-18-5-7-20-39(37)52)33-29-30-48-46(31-33)54-45(26-14-28-49(54)57-48)53-42-23-10-8-21-40(42)51(41-22-9-11-24-43(41)53)35-16-3-2-15-34(35)32-55/h2-31H. The molecule has 0 spiro atoms. The molecule has 0 fully saturated rings. The average Bonchev–Trinajstić information content (AvgIpc) is 3.66. The quantitative estimate of drug-likeness (QED) is 0.134. The summed E-state index contributed by atoms with van der Waals surface area (Å²) in [5.74, 6) is 0. The number of rotatable bonds is 4. The highest BCUT2D eigenvalue weighted by molar-refractivity contribution is 6.27. The molecule has 0 bridgehead atoms. The molecule has 10 aromatic carbocycles. The van der Waals surface area contributed by atoms with Gasteiger partial charge in [-0.25, -0.2) is 4.85 Å². The first-order chi connectivity index (χ1) is 28.2. The number of fused-ring (bicyclic) bond motifs is 7. The fraction of sp³-hybridized carbons (Fsp3) is 0. The minimum atomic E-state index is 0.640. The first kappa shape index (κ1) is 32.5. The summed E-state index contributed by atoms with van der Waals surface area (Å²) in [6, 6.07) is 65.5. The van der Waals surface area contributed by atoms with Gasteiger partial charge in [0.25, 0.3) is 0 Å². The Balaban J connectivity index is 1.22. The van der Waals surface area contributed by atoms with Gasteiger partial charge in [0.2, 0.25) is 0 Å². The van der Waals surface area contributed by atoms with Crippen LogP contribution < -0.4 is 0 Å². The number of hydrogen-bond acceptors (Lipinski definition) is 2. The zero-order valence-electron chi connectivity index (χ0n) is 30.6. The normalized spacial score (nSPS) is 11.5. The van der Waals surface area contributed by atoms with Crippen LogP contribution in [0.3, 0.4) is 0 Å². The lowest BCUT2D eigenvalue weighted by molar-refractivity contribution is 0.669. The Labute approximate surface area is 328 Å². The number of nitriles is 1. The molecule has 11 aromatic rings. The highest BCUT2D eigenvalue weighted by Gasteiger charge is 2.23. The van der Waals surface area contributed by atoms with Crippen molar-refractivity contribution in [2.75, 3.05) is 0 Å². The first-order valence-electron chi connectivity index (χ1n) is 19.0. The zero-order chi connectivity index (χ0) is 38.0. The van der Waals surface area contributed by atoms with Crippen LogP contribution in [0, 0.1) is 17.9 Å². The molecule has 1 aromatic heterocycles. The Hall–Kier alpha value is -7.98. The maximum atomic E-state index is 10.2. The summed E-state index contributed by atoms with van der Waals surface area (Å²) < 4.78 is 6.67. The summed E-state index contributed by atoms with van der Waals surface area (Å²) in [5.41, 5.74) is 11.4. The summed E-state index contributed by atoms with van der Waals surface area (Å²) in [6.07, 6.45) is 0. The van der Waals surface area contributed by atoms with Gasteiger partial charge >= 0.3 is 0 Å². The van der Waals surface area contributed by atoms with E-state index in [2.05, 4.69) is 157 Å². The number of nitrogens with zero attached hydrogens (tertiary/aromatic N) is 2. The predicted molar refractivity (Wildman–Crippen MR) is 236 cm³/mol. The van der Waals surface area contributed by atoms with Crippen LogP contribution >= 0.6 is 0 Å². The van der Waals surface area contributed by atoms with E-state index in [1.54, 1.807) is 0 Å². The molecule has 0 aliphatic carbocycles. The summed E-state index contributed by atoms with van der Waals surface area (Å²) in [5, 5.41) is 21.2. The molecule has 3 nitrogen and oxygen atoms in total. The van der Waals surface area contributed by atoms with Crippen molar-refractivity contribution in [1.29, 1.82) is 5.26 Å². The van der Waals surface area contributed by atoms with Gasteiger partial charge in [0, 0.05) is 16.3 Å². The average molecular weight is 723 g/mol. The van der Waals surface area contributed by atoms with Crippen LogP contribution in [0.4, 0.5) is 5.69 Å². The maximum absolute atomic E-state index is 10.2. The molecule has 0 saturated carbocycles. The summed E-state index contributed by atoms with van der Waals surface area (Å²) >= 11 is 0. The SMILES string of the molecule is [C-]#[N+]c1ccccc1-c1c2ccccc2c(-c2ccc3oc4cccc(-c5c6ccccc6c(-c6ccccc6C#N)c6ccccc56)c4c3c2)c2ccccc12. The highest BCUT2D eigenvalue weighted by atomic mass is 16.3. The Kier molecular flexibility index (Phi) is 7.30. The van der Waals surface area contributed by atoms with E-state index in [1.807, 2.05) is 36.4 Å². The molecule has 3 heteroatoms.